The lowest BCUT2D eigenvalue weighted by atomic mass is 10.0. The largest absolute Gasteiger partial charge is 0.456 e. The molecule has 0 spiro atoms. The topological polar surface area (TPSA) is 130 Å². The maximum absolute atomic E-state index is 5.99. The van der Waals surface area contributed by atoms with Crippen molar-refractivity contribution in [2.24, 2.45) is 0 Å². The second-order valence-corrected chi connectivity index (χ2v) is 21.6. The predicted molar refractivity (Wildman–Crippen MR) is 341 cm³/mol. The Morgan fingerprint density at radius 1 is 0.262 bits per heavy atom. The van der Waals surface area contributed by atoms with Crippen LogP contribution in [0.2, 0.25) is 0 Å². The number of hydrogen-bond acceptors (Lipinski definition) is 10. The van der Waals surface area contributed by atoms with E-state index in [0.717, 1.165) is 99.7 Å². The number of fused-ring (bicyclic) bond motifs is 12. The number of aromatic nitrogens is 6. The standard InChI is InChI=1S/2C19H15NO.2C18H14N2O/c1-12-7-8-16(20-11-12)14-9-13(2)19-15-5-3-4-6-17(15)21-18(19)10-14;1-12-7-8-14(11-13(12)2)17-10-9-16-15-5-3-4-6-18(15)21-19(16)20-17;1-11-5-6-13(10-12(11)2)16-8-7-15-14-4-3-9-19-17(14)21-18(15)20-16;1-11-8-16(20-10-12(11)2)13-5-6-14-15-4-3-7-19-18(15)21-17(14)9-13/h2*3-11H,1-2H3;2*3-10H,1-2H3. The molecule has 10 heterocycles. The van der Waals surface area contributed by atoms with Gasteiger partial charge < -0.3 is 17.7 Å². The van der Waals surface area contributed by atoms with E-state index < -0.39 is 0 Å². The summed E-state index contributed by atoms with van der Waals surface area (Å²) >= 11 is 0. The first kappa shape index (κ1) is 52.8. The lowest BCUT2D eigenvalue weighted by molar-refractivity contribution is 0.640. The van der Waals surface area contributed by atoms with Crippen molar-refractivity contribution >= 4 is 88.3 Å². The van der Waals surface area contributed by atoms with E-state index in [-0.39, 0.29) is 0 Å². The summed E-state index contributed by atoms with van der Waals surface area (Å²) in [7, 11) is 0. The van der Waals surface area contributed by atoms with Gasteiger partial charge in [-0.3, -0.25) is 9.97 Å². The Labute approximate surface area is 485 Å². The van der Waals surface area contributed by atoms with Gasteiger partial charge in [0.1, 0.15) is 22.3 Å². The maximum Gasteiger partial charge on any atom is 0.230 e. The van der Waals surface area contributed by atoms with Crippen LogP contribution in [0, 0.1) is 55.4 Å². The zero-order valence-electron chi connectivity index (χ0n) is 47.9. The molecule has 0 fully saturated rings. The van der Waals surface area contributed by atoms with Gasteiger partial charge >= 0.3 is 0 Å². The van der Waals surface area contributed by atoms with Crippen molar-refractivity contribution in [2.45, 2.75) is 55.4 Å². The molecular weight excluding hydrogens is 1040 g/mol. The summed E-state index contributed by atoms with van der Waals surface area (Å²) < 4.78 is 23.4. The van der Waals surface area contributed by atoms with Crippen LogP contribution in [0.25, 0.3) is 133 Å². The Balaban J connectivity index is 0.000000104. The van der Waals surface area contributed by atoms with Gasteiger partial charge in [-0.05, 0) is 209 Å². The van der Waals surface area contributed by atoms with Crippen LogP contribution in [0.4, 0.5) is 0 Å². The number of aryl methyl sites for hydroxylation is 8. The minimum absolute atomic E-state index is 0.636. The highest BCUT2D eigenvalue weighted by Gasteiger charge is 2.15. The molecule has 0 atom stereocenters. The van der Waals surface area contributed by atoms with Crippen molar-refractivity contribution in [3.05, 3.63) is 251 Å². The van der Waals surface area contributed by atoms with Crippen molar-refractivity contribution in [3.63, 3.8) is 0 Å². The van der Waals surface area contributed by atoms with E-state index in [1.165, 1.54) is 55.3 Å². The zero-order chi connectivity index (χ0) is 57.6. The second kappa shape index (κ2) is 22.1. The number of benzene rings is 6. The molecule has 0 radical (unpaired) electrons. The van der Waals surface area contributed by atoms with Gasteiger partial charge in [-0.15, -0.1) is 0 Å². The number of rotatable bonds is 4. The van der Waals surface area contributed by atoms with E-state index in [4.69, 9.17) is 17.7 Å². The smallest absolute Gasteiger partial charge is 0.230 e. The molecular formula is C74H58N6O4. The molecule has 0 saturated carbocycles. The molecule has 10 nitrogen and oxygen atoms in total. The number of pyridine rings is 6. The molecule has 0 aliphatic heterocycles. The first-order valence-electron chi connectivity index (χ1n) is 28.0. The van der Waals surface area contributed by atoms with E-state index >= 15 is 0 Å². The lowest BCUT2D eigenvalue weighted by Gasteiger charge is -2.04. The Bertz CT molecular complexity index is 4760. The summed E-state index contributed by atoms with van der Waals surface area (Å²) in [5.74, 6) is 0. The monoisotopic (exact) mass is 1090 g/mol. The number of hydrogen-bond donors (Lipinski definition) is 0. The lowest BCUT2D eigenvalue weighted by Crippen LogP contribution is -1.88. The normalized spacial score (nSPS) is 11.3. The van der Waals surface area contributed by atoms with Gasteiger partial charge in [0.2, 0.25) is 22.9 Å². The third kappa shape index (κ3) is 10.3. The molecule has 408 valence electrons. The van der Waals surface area contributed by atoms with Crippen molar-refractivity contribution in [2.75, 3.05) is 0 Å². The summed E-state index contributed by atoms with van der Waals surface area (Å²) in [6.07, 6.45) is 7.29. The van der Waals surface area contributed by atoms with Crippen LogP contribution in [0.5, 0.6) is 0 Å². The zero-order valence-corrected chi connectivity index (χ0v) is 47.9. The highest BCUT2D eigenvalue weighted by Crippen LogP contribution is 2.36. The molecule has 84 heavy (non-hydrogen) atoms. The first-order chi connectivity index (χ1) is 40.9. The summed E-state index contributed by atoms with van der Waals surface area (Å²) in [5, 5.41) is 8.70. The predicted octanol–water partition coefficient (Wildman–Crippen LogP) is 19.8. The number of furan rings is 4. The van der Waals surface area contributed by atoms with Crippen LogP contribution in [0.1, 0.15) is 44.5 Å². The van der Waals surface area contributed by atoms with Crippen LogP contribution < -0.4 is 0 Å². The molecule has 0 saturated heterocycles. The van der Waals surface area contributed by atoms with Crippen molar-refractivity contribution in [1.29, 1.82) is 0 Å². The molecule has 0 aliphatic rings. The fourth-order valence-electron chi connectivity index (χ4n) is 10.6. The summed E-state index contributed by atoms with van der Waals surface area (Å²) in [5.41, 5.74) is 24.4. The van der Waals surface area contributed by atoms with E-state index in [2.05, 4.69) is 188 Å². The van der Waals surface area contributed by atoms with E-state index in [1.807, 2.05) is 92.1 Å². The van der Waals surface area contributed by atoms with Crippen LogP contribution in [-0.4, -0.2) is 29.9 Å². The minimum Gasteiger partial charge on any atom is -0.456 e. The van der Waals surface area contributed by atoms with Gasteiger partial charge in [-0.1, -0.05) is 72.8 Å². The maximum atomic E-state index is 5.99. The van der Waals surface area contributed by atoms with E-state index in [0.29, 0.717) is 22.9 Å². The van der Waals surface area contributed by atoms with Gasteiger partial charge in [0.05, 0.1) is 22.8 Å². The third-order valence-electron chi connectivity index (χ3n) is 15.8. The molecule has 0 amide bonds. The molecule has 0 aliphatic carbocycles. The van der Waals surface area contributed by atoms with Gasteiger partial charge in [0.25, 0.3) is 0 Å². The SMILES string of the molecule is Cc1ccc(-c2cc(C)c3c(c2)oc2ccccc23)nc1.Cc1ccc(-c2ccc3c(n2)oc2ccccc23)cc1C.Cc1ccc(-c2ccc3c(n2)oc2ncccc23)cc1C.Cc1cnc(-c2ccc3c(c2)oc2ncccc23)cc1C. The fraction of sp³-hybridized carbons (Fsp3) is 0.108. The van der Waals surface area contributed by atoms with Crippen molar-refractivity contribution < 1.29 is 17.7 Å². The number of para-hydroxylation sites is 2. The molecule has 10 heteroatoms. The molecule has 6 aromatic carbocycles. The highest BCUT2D eigenvalue weighted by atomic mass is 16.4. The number of nitrogens with zero attached hydrogens (tertiary/aromatic N) is 6. The van der Waals surface area contributed by atoms with Gasteiger partial charge in [0, 0.05) is 90.1 Å². The Morgan fingerprint density at radius 2 is 0.738 bits per heavy atom. The fourth-order valence-corrected chi connectivity index (χ4v) is 10.6. The van der Waals surface area contributed by atoms with Gasteiger partial charge in [-0.25, -0.2) is 19.9 Å². The van der Waals surface area contributed by atoms with Crippen molar-refractivity contribution in [3.8, 4) is 45.0 Å². The second-order valence-electron chi connectivity index (χ2n) is 21.6. The van der Waals surface area contributed by atoms with Crippen LogP contribution in [-0.2, 0) is 0 Å². The quantitative estimate of drug-likeness (QED) is 0.168. The van der Waals surface area contributed by atoms with Gasteiger partial charge in [-0.2, -0.15) is 0 Å². The van der Waals surface area contributed by atoms with E-state index in [1.54, 1.807) is 12.4 Å². The molecule has 16 rings (SSSR count). The Morgan fingerprint density at radius 3 is 1.39 bits per heavy atom. The van der Waals surface area contributed by atoms with Crippen LogP contribution in [0.3, 0.4) is 0 Å². The first-order valence-corrected chi connectivity index (χ1v) is 28.0. The molecule has 10 aromatic heterocycles. The van der Waals surface area contributed by atoms with Crippen molar-refractivity contribution in [1.82, 2.24) is 29.9 Å². The van der Waals surface area contributed by atoms with Crippen LogP contribution >= 0.6 is 0 Å². The average molecular weight is 1100 g/mol. The van der Waals surface area contributed by atoms with Crippen LogP contribution in [0.15, 0.2) is 224 Å². The van der Waals surface area contributed by atoms with Gasteiger partial charge in [0.15, 0.2) is 0 Å². The summed E-state index contributed by atoms with van der Waals surface area (Å²) in [6, 6.07) is 61.8. The minimum atomic E-state index is 0.636. The summed E-state index contributed by atoms with van der Waals surface area (Å²) in [4.78, 5) is 26.9. The Hall–Kier alpha value is -10.6. The molecule has 16 aromatic rings. The van der Waals surface area contributed by atoms with E-state index in [9.17, 15) is 0 Å². The average Bonchev–Trinajstić information content (AvgIpc) is 3.15. The molecule has 0 bridgehead atoms. The molecule has 0 N–H and O–H groups in total. The highest BCUT2D eigenvalue weighted by molar-refractivity contribution is 6.08. The Kier molecular flexibility index (Phi) is 13.9. The third-order valence-corrected chi connectivity index (χ3v) is 15.8. The summed E-state index contributed by atoms with van der Waals surface area (Å²) in [6.45, 7) is 16.8. The molecule has 0 unspecified atom stereocenters.